The largest absolute Gasteiger partial charge is 0.344 e. The first kappa shape index (κ1) is 16.4. The zero-order valence-electron chi connectivity index (χ0n) is 11.8. The number of amides is 1. The lowest BCUT2D eigenvalue weighted by Gasteiger charge is -2.19. The number of likely N-dealkylation sites (N-methyl/N-ethyl adjacent to an activating group) is 2. The molecule has 0 saturated heterocycles. The Kier molecular flexibility index (Phi) is 5.91. The van der Waals surface area contributed by atoms with Gasteiger partial charge in [-0.15, -0.1) is 0 Å². The van der Waals surface area contributed by atoms with Gasteiger partial charge in [0.15, 0.2) is 0 Å². The van der Waals surface area contributed by atoms with Crippen molar-refractivity contribution in [3.05, 3.63) is 38.9 Å². The van der Waals surface area contributed by atoms with E-state index < -0.39 is 4.92 Å². The predicted molar refractivity (Wildman–Crippen MR) is 78.0 cm³/mol. The number of halogens is 1. The van der Waals surface area contributed by atoms with E-state index in [2.05, 4.69) is 0 Å². The third-order valence-electron chi connectivity index (χ3n) is 2.90. The fourth-order valence-corrected chi connectivity index (χ4v) is 1.81. The van der Waals surface area contributed by atoms with Gasteiger partial charge in [-0.2, -0.15) is 0 Å². The molecule has 0 bridgehead atoms. The zero-order valence-corrected chi connectivity index (χ0v) is 12.6. The van der Waals surface area contributed by atoms with Gasteiger partial charge in [-0.3, -0.25) is 14.9 Å². The molecule has 0 aliphatic rings. The lowest BCUT2D eigenvalue weighted by Crippen LogP contribution is -2.34. The fraction of sp³-hybridized carbons (Fsp3) is 0.462. The normalized spacial score (nSPS) is 10.7. The lowest BCUT2D eigenvalue weighted by atomic mass is 10.1. The first-order valence-corrected chi connectivity index (χ1v) is 6.50. The number of rotatable bonds is 6. The van der Waals surface area contributed by atoms with E-state index in [9.17, 15) is 14.9 Å². The maximum Gasteiger partial charge on any atom is 0.270 e. The van der Waals surface area contributed by atoms with Crippen LogP contribution in [0.3, 0.4) is 0 Å². The van der Waals surface area contributed by atoms with Crippen molar-refractivity contribution in [2.24, 2.45) is 0 Å². The average Bonchev–Trinajstić information content (AvgIpc) is 2.37. The van der Waals surface area contributed by atoms with Crippen LogP contribution in [0, 0.1) is 10.1 Å². The van der Waals surface area contributed by atoms with Gasteiger partial charge in [-0.05, 0) is 19.7 Å². The van der Waals surface area contributed by atoms with Crippen LogP contribution >= 0.6 is 11.6 Å². The van der Waals surface area contributed by atoms with E-state index in [1.165, 1.54) is 18.2 Å². The Morgan fingerprint density at radius 1 is 1.30 bits per heavy atom. The van der Waals surface area contributed by atoms with Crippen LogP contribution in [-0.2, 0) is 11.2 Å². The maximum absolute atomic E-state index is 12.0. The Bertz CT molecular complexity index is 506. The van der Waals surface area contributed by atoms with Crippen LogP contribution in [0.2, 0.25) is 5.02 Å². The van der Waals surface area contributed by atoms with Crippen LogP contribution in [0.15, 0.2) is 18.2 Å². The molecule has 0 unspecified atom stereocenters. The quantitative estimate of drug-likeness (QED) is 0.593. The summed E-state index contributed by atoms with van der Waals surface area (Å²) in [5.74, 6) is -0.0670. The summed E-state index contributed by atoms with van der Waals surface area (Å²) in [6, 6.07) is 4.15. The Balaban J connectivity index is 2.68. The minimum Gasteiger partial charge on any atom is -0.344 e. The standard InChI is InChI=1S/C13H18ClN3O3/c1-15(2)6-7-16(3)13(18)8-10-4-5-11(17(19)20)9-12(10)14/h4-5,9H,6-8H2,1-3H3. The smallest absolute Gasteiger partial charge is 0.270 e. The molecule has 0 aromatic heterocycles. The van der Waals surface area contributed by atoms with Crippen LogP contribution in [0.5, 0.6) is 0 Å². The van der Waals surface area contributed by atoms with Gasteiger partial charge < -0.3 is 9.80 Å². The second-order valence-corrected chi connectivity index (χ2v) is 5.24. The molecule has 0 aliphatic carbocycles. The molecule has 7 heteroatoms. The van der Waals surface area contributed by atoms with Crippen molar-refractivity contribution in [3.63, 3.8) is 0 Å². The number of nitro groups is 1. The zero-order chi connectivity index (χ0) is 15.3. The van der Waals surface area contributed by atoms with Crippen molar-refractivity contribution < 1.29 is 9.72 Å². The molecule has 0 aliphatic heterocycles. The molecular formula is C13H18ClN3O3. The molecule has 20 heavy (non-hydrogen) atoms. The van der Waals surface area contributed by atoms with Gasteiger partial charge in [0.25, 0.3) is 5.69 Å². The minimum absolute atomic E-state index is 0.0670. The van der Waals surface area contributed by atoms with Crippen molar-refractivity contribution in [2.45, 2.75) is 6.42 Å². The molecule has 0 atom stereocenters. The van der Waals surface area contributed by atoms with Gasteiger partial charge in [0.2, 0.25) is 5.91 Å². The number of hydrogen-bond acceptors (Lipinski definition) is 4. The molecule has 1 aromatic rings. The molecule has 1 rings (SSSR count). The van der Waals surface area contributed by atoms with Gasteiger partial charge in [-0.25, -0.2) is 0 Å². The van der Waals surface area contributed by atoms with E-state index in [0.717, 1.165) is 6.54 Å². The van der Waals surface area contributed by atoms with Gasteiger partial charge in [0, 0.05) is 32.3 Å². The van der Waals surface area contributed by atoms with Crippen molar-refractivity contribution in [1.29, 1.82) is 0 Å². The summed E-state index contributed by atoms with van der Waals surface area (Å²) in [7, 11) is 5.60. The summed E-state index contributed by atoms with van der Waals surface area (Å²) in [6.45, 7) is 1.40. The van der Waals surface area contributed by atoms with Crippen LogP contribution in [0.4, 0.5) is 5.69 Å². The van der Waals surface area contributed by atoms with Crippen molar-refractivity contribution in [2.75, 3.05) is 34.2 Å². The van der Waals surface area contributed by atoms with E-state index in [0.29, 0.717) is 12.1 Å². The maximum atomic E-state index is 12.0. The number of carbonyl (C=O) groups excluding carboxylic acids is 1. The molecule has 0 fully saturated rings. The van der Waals surface area contributed by atoms with Crippen molar-refractivity contribution in [3.8, 4) is 0 Å². The van der Waals surface area contributed by atoms with Crippen LogP contribution in [0.1, 0.15) is 5.56 Å². The van der Waals surface area contributed by atoms with Gasteiger partial charge >= 0.3 is 0 Å². The second-order valence-electron chi connectivity index (χ2n) is 4.83. The molecule has 1 amide bonds. The summed E-state index contributed by atoms with van der Waals surface area (Å²) in [5.41, 5.74) is 0.520. The highest BCUT2D eigenvalue weighted by Gasteiger charge is 2.14. The van der Waals surface area contributed by atoms with Gasteiger partial charge in [0.1, 0.15) is 0 Å². The fourth-order valence-electron chi connectivity index (χ4n) is 1.57. The van der Waals surface area contributed by atoms with Crippen LogP contribution in [0.25, 0.3) is 0 Å². The Hall–Kier alpha value is -1.66. The lowest BCUT2D eigenvalue weighted by molar-refractivity contribution is -0.384. The van der Waals surface area contributed by atoms with Gasteiger partial charge in [0.05, 0.1) is 16.4 Å². The molecule has 0 N–H and O–H groups in total. The predicted octanol–water partition coefficient (Wildman–Crippen LogP) is 1.81. The topological polar surface area (TPSA) is 66.7 Å². The average molecular weight is 300 g/mol. The molecule has 110 valence electrons. The van der Waals surface area contributed by atoms with Crippen molar-refractivity contribution in [1.82, 2.24) is 9.80 Å². The number of carbonyl (C=O) groups is 1. The summed E-state index contributed by atoms with van der Waals surface area (Å²) < 4.78 is 0. The van der Waals surface area contributed by atoms with E-state index in [1.807, 2.05) is 19.0 Å². The van der Waals surface area contributed by atoms with Crippen LogP contribution in [-0.4, -0.2) is 54.9 Å². The molecule has 0 radical (unpaired) electrons. The summed E-state index contributed by atoms with van der Waals surface area (Å²) in [5, 5.41) is 10.9. The third kappa shape index (κ3) is 4.79. The number of hydrogen-bond donors (Lipinski definition) is 0. The van der Waals surface area contributed by atoms with E-state index in [1.54, 1.807) is 11.9 Å². The first-order valence-electron chi connectivity index (χ1n) is 6.12. The van der Waals surface area contributed by atoms with Gasteiger partial charge in [-0.1, -0.05) is 17.7 Å². The molecule has 6 nitrogen and oxygen atoms in total. The Labute approximate surface area is 123 Å². The molecule has 1 aromatic carbocycles. The number of benzene rings is 1. The highest BCUT2D eigenvalue weighted by molar-refractivity contribution is 6.31. The SMILES string of the molecule is CN(C)CCN(C)C(=O)Cc1ccc([N+](=O)[O-])cc1Cl. The molecule has 0 spiro atoms. The second kappa shape index (κ2) is 7.21. The van der Waals surface area contributed by atoms with Crippen LogP contribution < -0.4 is 0 Å². The minimum atomic E-state index is -0.513. The number of nitro benzene ring substituents is 1. The third-order valence-corrected chi connectivity index (χ3v) is 3.25. The summed E-state index contributed by atoms with van der Waals surface area (Å²) in [4.78, 5) is 25.7. The number of non-ortho nitro benzene ring substituents is 1. The highest BCUT2D eigenvalue weighted by atomic mass is 35.5. The van der Waals surface area contributed by atoms with E-state index in [-0.39, 0.29) is 23.0 Å². The monoisotopic (exact) mass is 299 g/mol. The first-order chi connectivity index (χ1) is 9.31. The summed E-state index contributed by atoms with van der Waals surface area (Å²) >= 11 is 5.97. The molecule has 0 saturated carbocycles. The number of nitrogens with zero attached hydrogens (tertiary/aromatic N) is 3. The van der Waals surface area contributed by atoms with E-state index >= 15 is 0 Å². The van der Waals surface area contributed by atoms with E-state index in [4.69, 9.17) is 11.6 Å². The Morgan fingerprint density at radius 3 is 2.45 bits per heavy atom. The Morgan fingerprint density at radius 2 is 1.95 bits per heavy atom. The summed E-state index contributed by atoms with van der Waals surface area (Å²) in [6.07, 6.45) is 0.140. The highest BCUT2D eigenvalue weighted by Crippen LogP contribution is 2.23. The molecule has 0 heterocycles. The van der Waals surface area contributed by atoms with Crippen molar-refractivity contribution >= 4 is 23.2 Å². The molecular weight excluding hydrogens is 282 g/mol.